The predicted molar refractivity (Wildman–Crippen MR) is 87.5 cm³/mol. The Bertz CT molecular complexity index is 654. The van der Waals surface area contributed by atoms with Crippen molar-refractivity contribution in [3.63, 3.8) is 0 Å². The average Bonchev–Trinajstić information content (AvgIpc) is 2.45. The Hall–Kier alpha value is -0.770. The summed E-state index contributed by atoms with van der Waals surface area (Å²) in [6.45, 7) is 0.0763. The number of aliphatic hydroxyl groups is 1. The van der Waals surface area contributed by atoms with Gasteiger partial charge in [-0.05, 0) is 53.4 Å². The Balaban J connectivity index is 2.10. The fourth-order valence-corrected chi connectivity index (χ4v) is 3.53. The topological polar surface area (TPSA) is 32.3 Å². The van der Waals surface area contributed by atoms with Crippen LogP contribution in [0.3, 0.4) is 0 Å². The molecule has 1 aliphatic rings. The Morgan fingerprint density at radius 1 is 1.00 bits per heavy atom. The van der Waals surface area contributed by atoms with Gasteiger partial charge in [-0.2, -0.15) is 0 Å². The SMILES string of the molecule is OC[C@@H]1Cc2ccc(Cl)cc2[C@H](c2cc(Cl)cc(Cl)c2)N1. The normalized spacial score (nSPS) is 21.1. The fraction of sp³-hybridized carbons (Fsp3) is 0.250. The summed E-state index contributed by atoms with van der Waals surface area (Å²) in [7, 11) is 0. The van der Waals surface area contributed by atoms with Crippen molar-refractivity contribution < 1.29 is 5.11 Å². The van der Waals surface area contributed by atoms with Crippen LogP contribution in [-0.4, -0.2) is 17.8 Å². The van der Waals surface area contributed by atoms with E-state index in [2.05, 4.69) is 5.32 Å². The third kappa shape index (κ3) is 3.20. The van der Waals surface area contributed by atoms with Crippen molar-refractivity contribution in [2.45, 2.75) is 18.5 Å². The monoisotopic (exact) mass is 341 g/mol. The van der Waals surface area contributed by atoms with Crippen LogP contribution in [0, 0.1) is 0 Å². The summed E-state index contributed by atoms with van der Waals surface area (Å²) in [6.07, 6.45) is 0.772. The van der Waals surface area contributed by atoms with Gasteiger partial charge in [0.1, 0.15) is 0 Å². The van der Waals surface area contributed by atoms with E-state index in [0.717, 1.165) is 17.5 Å². The lowest BCUT2D eigenvalue weighted by Gasteiger charge is -2.33. The Labute approximate surface area is 138 Å². The second kappa shape index (κ2) is 6.15. The van der Waals surface area contributed by atoms with E-state index >= 15 is 0 Å². The van der Waals surface area contributed by atoms with Crippen LogP contribution in [0.25, 0.3) is 0 Å². The molecule has 21 heavy (non-hydrogen) atoms. The number of fused-ring (bicyclic) bond motifs is 1. The molecule has 2 aromatic rings. The number of nitrogens with one attached hydrogen (secondary N) is 1. The van der Waals surface area contributed by atoms with Gasteiger partial charge in [-0.3, -0.25) is 0 Å². The van der Waals surface area contributed by atoms with Crippen LogP contribution in [0.5, 0.6) is 0 Å². The number of hydrogen-bond donors (Lipinski definition) is 2. The summed E-state index contributed by atoms with van der Waals surface area (Å²) in [6, 6.07) is 11.2. The molecule has 0 aliphatic carbocycles. The zero-order valence-electron chi connectivity index (χ0n) is 11.1. The Morgan fingerprint density at radius 2 is 1.71 bits per heavy atom. The highest BCUT2D eigenvalue weighted by Gasteiger charge is 2.27. The van der Waals surface area contributed by atoms with Crippen molar-refractivity contribution in [1.29, 1.82) is 0 Å². The molecule has 0 radical (unpaired) electrons. The molecule has 2 atom stereocenters. The maximum atomic E-state index is 9.50. The van der Waals surface area contributed by atoms with Crippen molar-refractivity contribution in [1.82, 2.24) is 5.32 Å². The van der Waals surface area contributed by atoms with E-state index in [1.807, 2.05) is 30.3 Å². The van der Waals surface area contributed by atoms with Gasteiger partial charge in [0, 0.05) is 21.1 Å². The standard InChI is InChI=1S/C16H14Cl3NO/c17-11-2-1-9-5-14(8-21)20-16(15(9)7-11)10-3-12(18)6-13(19)4-10/h1-4,6-7,14,16,20-21H,5,8H2/t14-,16-/m0/s1. The zero-order valence-corrected chi connectivity index (χ0v) is 13.4. The zero-order chi connectivity index (χ0) is 15.0. The van der Waals surface area contributed by atoms with Crippen LogP contribution in [0.15, 0.2) is 36.4 Å². The minimum Gasteiger partial charge on any atom is -0.395 e. The Morgan fingerprint density at radius 3 is 2.38 bits per heavy atom. The molecule has 0 amide bonds. The summed E-state index contributed by atoms with van der Waals surface area (Å²) in [5.74, 6) is 0. The lowest BCUT2D eigenvalue weighted by Crippen LogP contribution is -2.42. The van der Waals surface area contributed by atoms with Crippen molar-refractivity contribution in [3.8, 4) is 0 Å². The average molecular weight is 343 g/mol. The van der Waals surface area contributed by atoms with E-state index in [4.69, 9.17) is 34.8 Å². The summed E-state index contributed by atoms with van der Waals surface area (Å²) >= 11 is 18.4. The minimum absolute atomic E-state index is 0.00133. The van der Waals surface area contributed by atoms with Gasteiger partial charge in [0.05, 0.1) is 12.6 Å². The third-order valence-corrected chi connectivity index (χ3v) is 4.40. The van der Waals surface area contributed by atoms with E-state index in [9.17, 15) is 5.11 Å². The van der Waals surface area contributed by atoms with Gasteiger partial charge in [0.25, 0.3) is 0 Å². The van der Waals surface area contributed by atoms with Gasteiger partial charge in [0.15, 0.2) is 0 Å². The van der Waals surface area contributed by atoms with Crippen LogP contribution >= 0.6 is 34.8 Å². The molecule has 0 bridgehead atoms. The largest absolute Gasteiger partial charge is 0.395 e. The van der Waals surface area contributed by atoms with Gasteiger partial charge in [0.2, 0.25) is 0 Å². The van der Waals surface area contributed by atoms with Crippen LogP contribution in [0.4, 0.5) is 0 Å². The maximum absolute atomic E-state index is 9.50. The van der Waals surface area contributed by atoms with Crippen LogP contribution in [-0.2, 0) is 6.42 Å². The fourth-order valence-electron chi connectivity index (χ4n) is 2.81. The van der Waals surface area contributed by atoms with E-state index in [1.54, 1.807) is 6.07 Å². The molecule has 110 valence electrons. The predicted octanol–water partition coefficient (Wildman–Crippen LogP) is 4.24. The molecule has 0 aromatic heterocycles. The van der Waals surface area contributed by atoms with Gasteiger partial charge >= 0.3 is 0 Å². The third-order valence-electron chi connectivity index (χ3n) is 3.73. The molecule has 2 N–H and O–H groups in total. The second-order valence-electron chi connectivity index (χ2n) is 5.23. The van der Waals surface area contributed by atoms with Crippen molar-refractivity contribution in [2.24, 2.45) is 0 Å². The molecule has 0 spiro atoms. The summed E-state index contributed by atoms with van der Waals surface area (Å²) < 4.78 is 0. The minimum atomic E-state index is -0.0826. The lowest BCUT2D eigenvalue weighted by atomic mass is 9.87. The molecule has 1 heterocycles. The highest BCUT2D eigenvalue weighted by atomic mass is 35.5. The molecule has 0 saturated carbocycles. The van der Waals surface area contributed by atoms with Gasteiger partial charge < -0.3 is 10.4 Å². The first-order valence-electron chi connectivity index (χ1n) is 6.68. The molecular formula is C16H14Cl3NO. The molecule has 0 unspecified atom stereocenters. The van der Waals surface area contributed by atoms with Gasteiger partial charge in [-0.25, -0.2) is 0 Å². The quantitative estimate of drug-likeness (QED) is 0.855. The summed E-state index contributed by atoms with van der Waals surface area (Å²) in [4.78, 5) is 0. The number of benzene rings is 2. The van der Waals surface area contributed by atoms with E-state index in [-0.39, 0.29) is 18.7 Å². The number of halogens is 3. The molecule has 5 heteroatoms. The van der Waals surface area contributed by atoms with E-state index < -0.39 is 0 Å². The highest BCUT2D eigenvalue weighted by Crippen LogP contribution is 2.34. The number of rotatable bonds is 2. The van der Waals surface area contributed by atoms with Gasteiger partial charge in [-0.15, -0.1) is 0 Å². The van der Waals surface area contributed by atoms with Crippen molar-refractivity contribution in [2.75, 3.05) is 6.61 Å². The molecule has 3 rings (SSSR count). The molecular weight excluding hydrogens is 329 g/mol. The van der Waals surface area contributed by atoms with Crippen LogP contribution in [0.2, 0.25) is 15.1 Å². The molecule has 2 aromatic carbocycles. The Kier molecular flexibility index (Phi) is 4.43. The lowest BCUT2D eigenvalue weighted by molar-refractivity contribution is 0.229. The molecule has 2 nitrogen and oxygen atoms in total. The van der Waals surface area contributed by atoms with Crippen molar-refractivity contribution in [3.05, 3.63) is 68.2 Å². The maximum Gasteiger partial charge on any atom is 0.0588 e. The summed E-state index contributed by atoms with van der Waals surface area (Å²) in [5.41, 5.74) is 3.25. The molecule has 0 saturated heterocycles. The van der Waals surface area contributed by atoms with E-state index in [1.165, 1.54) is 5.56 Å². The first-order chi connectivity index (χ1) is 10.1. The van der Waals surface area contributed by atoms with Crippen LogP contribution in [0.1, 0.15) is 22.7 Å². The number of aliphatic hydroxyl groups excluding tert-OH is 1. The highest BCUT2D eigenvalue weighted by molar-refractivity contribution is 6.34. The first-order valence-corrected chi connectivity index (χ1v) is 7.81. The van der Waals surface area contributed by atoms with Gasteiger partial charge in [-0.1, -0.05) is 40.9 Å². The number of hydrogen-bond acceptors (Lipinski definition) is 2. The van der Waals surface area contributed by atoms with E-state index in [0.29, 0.717) is 15.1 Å². The smallest absolute Gasteiger partial charge is 0.0588 e. The molecule has 0 fully saturated rings. The van der Waals surface area contributed by atoms with Crippen molar-refractivity contribution >= 4 is 34.8 Å². The molecule has 1 aliphatic heterocycles. The first kappa shape index (κ1) is 15.1. The summed E-state index contributed by atoms with van der Waals surface area (Å²) in [5, 5.41) is 14.8. The van der Waals surface area contributed by atoms with Crippen LogP contribution < -0.4 is 5.32 Å². The second-order valence-corrected chi connectivity index (χ2v) is 6.54.